The van der Waals surface area contributed by atoms with E-state index in [1.54, 1.807) is 48.4 Å². The quantitative estimate of drug-likeness (QED) is 0.144. The highest BCUT2D eigenvalue weighted by Gasteiger charge is 2.36. The Balaban J connectivity index is 1.09. The molecule has 4 aliphatic heterocycles. The van der Waals surface area contributed by atoms with Crippen LogP contribution in [0.2, 0.25) is 0 Å². The average Bonchev–Trinajstić information content (AvgIpc) is 3.93. The number of benzene rings is 4. The SMILES string of the molecule is COCCNC(=O)c1ccc(CN(C(=O)c2cc(-c3cc4c(cc3C(=O)N3Cc5ccccc5C[C@H]3CN3CCOCC3)OCO4)n3c2CCCC3)c2ccc(O)cc2)cc1. The number of amides is 3. The van der Waals surface area contributed by atoms with E-state index in [2.05, 4.69) is 33.0 Å². The van der Waals surface area contributed by atoms with Crippen molar-refractivity contribution in [1.82, 2.24) is 19.7 Å². The Hall–Kier alpha value is -6.15. The van der Waals surface area contributed by atoms with Crippen LogP contribution in [0, 0.1) is 0 Å². The number of phenols is 1. The summed E-state index contributed by atoms with van der Waals surface area (Å²) < 4.78 is 24.7. The Bertz CT molecular complexity index is 2410. The minimum atomic E-state index is -0.212. The summed E-state index contributed by atoms with van der Waals surface area (Å²) in [6.07, 6.45) is 3.28. The number of nitrogens with zero attached hydrogens (tertiary/aromatic N) is 4. The average molecular weight is 826 g/mol. The van der Waals surface area contributed by atoms with E-state index in [4.69, 9.17) is 18.9 Å². The smallest absolute Gasteiger partial charge is 0.260 e. The zero-order valence-electron chi connectivity index (χ0n) is 34.4. The molecule has 4 aliphatic rings. The maximum atomic E-state index is 15.3. The molecule has 1 aromatic heterocycles. The lowest BCUT2D eigenvalue weighted by Crippen LogP contribution is -2.52. The first-order valence-electron chi connectivity index (χ1n) is 21.2. The zero-order valence-corrected chi connectivity index (χ0v) is 34.4. The van der Waals surface area contributed by atoms with Crippen molar-refractivity contribution < 1.29 is 38.4 Å². The molecule has 316 valence electrons. The molecule has 1 fully saturated rings. The Morgan fingerprint density at radius 2 is 1.62 bits per heavy atom. The number of aromatic nitrogens is 1. The predicted octanol–water partition coefficient (Wildman–Crippen LogP) is 6.05. The van der Waals surface area contributed by atoms with E-state index in [0.717, 1.165) is 61.4 Å². The van der Waals surface area contributed by atoms with E-state index >= 15 is 9.59 Å². The molecule has 13 nitrogen and oxygen atoms in total. The predicted molar refractivity (Wildman–Crippen MR) is 229 cm³/mol. The van der Waals surface area contributed by atoms with Gasteiger partial charge in [-0.15, -0.1) is 0 Å². The van der Waals surface area contributed by atoms with Crippen LogP contribution in [0.1, 0.15) is 66.3 Å². The molecule has 4 aromatic carbocycles. The van der Waals surface area contributed by atoms with E-state index in [1.165, 1.54) is 5.56 Å². The van der Waals surface area contributed by atoms with Crippen molar-refractivity contribution in [3.8, 4) is 28.5 Å². The molecule has 3 amide bonds. The zero-order chi connectivity index (χ0) is 41.9. The number of methoxy groups -OCH3 is 1. The first-order chi connectivity index (χ1) is 29.8. The second kappa shape index (κ2) is 17.8. The molecule has 9 rings (SSSR count). The Labute approximate surface area is 355 Å². The standard InChI is InChI=1S/C48H51N5O8/c1-58-21-17-49-46(55)33-11-9-32(10-12-33)28-52(36-13-15-38(54)16-14-36)48(57)41-25-43(51-18-5-4-8-42(41)51)39-26-44-45(61-31-60-44)27-40(39)47(56)53-29-35-7-3-2-6-34(35)24-37(53)30-50-19-22-59-23-20-50/h2-3,6-7,9-16,25-27,37,54H,4-5,8,17-24,28-31H2,1H3,(H,49,55)/t37-/m0/s1. The number of hydrogen-bond acceptors (Lipinski definition) is 9. The summed E-state index contributed by atoms with van der Waals surface area (Å²) in [6.45, 7) is 5.97. The Kier molecular flexibility index (Phi) is 11.8. The van der Waals surface area contributed by atoms with Crippen LogP contribution in [0.5, 0.6) is 17.2 Å². The highest BCUT2D eigenvalue weighted by molar-refractivity contribution is 6.09. The third-order valence-corrected chi connectivity index (χ3v) is 12.2. The highest BCUT2D eigenvalue weighted by atomic mass is 16.7. The number of ether oxygens (including phenoxy) is 4. The number of fused-ring (bicyclic) bond motifs is 3. The summed E-state index contributed by atoms with van der Waals surface area (Å²) in [5, 5.41) is 13.0. The van der Waals surface area contributed by atoms with Gasteiger partial charge >= 0.3 is 0 Å². The van der Waals surface area contributed by atoms with Gasteiger partial charge in [0.2, 0.25) is 6.79 Å². The lowest BCUT2D eigenvalue weighted by molar-refractivity contribution is 0.0193. The van der Waals surface area contributed by atoms with E-state index in [0.29, 0.717) is 85.3 Å². The first kappa shape index (κ1) is 40.3. The molecule has 0 unspecified atom stereocenters. The lowest BCUT2D eigenvalue weighted by Gasteiger charge is -2.40. The summed E-state index contributed by atoms with van der Waals surface area (Å²) in [6, 6.07) is 27.8. The van der Waals surface area contributed by atoms with Crippen molar-refractivity contribution in [2.24, 2.45) is 0 Å². The van der Waals surface area contributed by atoms with Crippen molar-refractivity contribution >= 4 is 23.4 Å². The third-order valence-electron chi connectivity index (χ3n) is 12.2. The van der Waals surface area contributed by atoms with Gasteiger partial charge in [-0.05, 0) is 97.0 Å². The molecule has 5 heterocycles. The number of anilines is 1. The molecule has 2 N–H and O–H groups in total. The topological polar surface area (TPSA) is 135 Å². The van der Waals surface area contributed by atoms with Crippen LogP contribution < -0.4 is 19.7 Å². The van der Waals surface area contributed by atoms with Gasteiger partial charge in [-0.2, -0.15) is 0 Å². The molecule has 0 saturated carbocycles. The van der Waals surface area contributed by atoms with Crippen LogP contribution in [0.15, 0.2) is 91.0 Å². The maximum absolute atomic E-state index is 15.3. The number of hydrogen-bond donors (Lipinski definition) is 2. The van der Waals surface area contributed by atoms with Gasteiger partial charge in [0.1, 0.15) is 5.75 Å². The first-order valence-corrected chi connectivity index (χ1v) is 21.2. The van der Waals surface area contributed by atoms with Crippen LogP contribution in [0.3, 0.4) is 0 Å². The molecule has 0 spiro atoms. The van der Waals surface area contributed by atoms with Crippen LogP contribution >= 0.6 is 0 Å². The number of phenolic OH excluding ortho intramolecular Hbond substituents is 1. The van der Waals surface area contributed by atoms with E-state index in [1.807, 2.05) is 41.3 Å². The number of morpholine rings is 1. The van der Waals surface area contributed by atoms with Gasteiger partial charge < -0.3 is 43.7 Å². The fourth-order valence-corrected chi connectivity index (χ4v) is 9.01. The molecule has 61 heavy (non-hydrogen) atoms. The second-order valence-electron chi connectivity index (χ2n) is 16.1. The molecule has 1 atom stereocenters. The molecule has 0 aliphatic carbocycles. The number of aromatic hydroxyl groups is 1. The van der Waals surface area contributed by atoms with Gasteiger partial charge in [-0.25, -0.2) is 0 Å². The number of carbonyl (C=O) groups excluding carboxylic acids is 3. The van der Waals surface area contributed by atoms with E-state index < -0.39 is 0 Å². The van der Waals surface area contributed by atoms with Gasteiger partial charge in [0, 0.05) is 80.6 Å². The minimum Gasteiger partial charge on any atom is -0.508 e. The van der Waals surface area contributed by atoms with Crippen LogP contribution in [-0.4, -0.2) is 103 Å². The molecular formula is C48H51N5O8. The second-order valence-corrected chi connectivity index (χ2v) is 16.1. The lowest BCUT2D eigenvalue weighted by atomic mass is 9.92. The van der Waals surface area contributed by atoms with Crippen molar-refractivity contribution in [2.45, 2.75) is 51.4 Å². The fourth-order valence-electron chi connectivity index (χ4n) is 9.01. The summed E-state index contributed by atoms with van der Waals surface area (Å²) >= 11 is 0. The monoisotopic (exact) mass is 825 g/mol. The summed E-state index contributed by atoms with van der Waals surface area (Å²) in [5.74, 6) is 0.654. The van der Waals surface area contributed by atoms with Gasteiger partial charge in [-0.3, -0.25) is 19.3 Å². The summed E-state index contributed by atoms with van der Waals surface area (Å²) in [7, 11) is 1.58. The number of nitrogens with one attached hydrogen (secondary N) is 1. The Morgan fingerprint density at radius 1 is 0.869 bits per heavy atom. The van der Waals surface area contributed by atoms with Gasteiger partial charge in [0.05, 0.1) is 37.5 Å². The Morgan fingerprint density at radius 3 is 2.39 bits per heavy atom. The molecule has 5 aromatic rings. The van der Waals surface area contributed by atoms with Crippen molar-refractivity contribution in [3.05, 3.63) is 130 Å². The van der Waals surface area contributed by atoms with Gasteiger partial charge in [-0.1, -0.05) is 36.4 Å². The maximum Gasteiger partial charge on any atom is 0.260 e. The van der Waals surface area contributed by atoms with Crippen LogP contribution in [0.25, 0.3) is 11.3 Å². The van der Waals surface area contributed by atoms with Crippen molar-refractivity contribution in [1.29, 1.82) is 0 Å². The molecule has 0 radical (unpaired) electrons. The van der Waals surface area contributed by atoms with Crippen LogP contribution in [0.4, 0.5) is 5.69 Å². The number of rotatable bonds is 12. The van der Waals surface area contributed by atoms with Crippen molar-refractivity contribution in [2.75, 3.05) is 64.8 Å². The van der Waals surface area contributed by atoms with Gasteiger partial charge in [0.15, 0.2) is 11.5 Å². The molecular weight excluding hydrogens is 775 g/mol. The minimum absolute atomic E-state index is 0.0558. The normalized spacial score (nSPS) is 17.1. The van der Waals surface area contributed by atoms with Crippen molar-refractivity contribution in [3.63, 3.8) is 0 Å². The molecule has 13 heteroatoms. The van der Waals surface area contributed by atoms with E-state index in [9.17, 15) is 9.90 Å². The summed E-state index contributed by atoms with van der Waals surface area (Å²) in [5.41, 5.74) is 7.75. The number of carbonyl (C=O) groups is 3. The molecule has 0 bridgehead atoms. The third kappa shape index (κ3) is 8.46. The largest absolute Gasteiger partial charge is 0.508 e. The van der Waals surface area contributed by atoms with Gasteiger partial charge in [0.25, 0.3) is 17.7 Å². The molecule has 1 saturated heterocycles. The van der Waals surface area contributed by atoms with E-state index in [-0.39, 0.29) is 42.9 Å². The fraction of sp³-hybridized carbons (Fsp3) is 0.354. The van der Waals surface area contributed by atoms with Crippen LogP contribution in [-0.2, 0) is 41.9 Å². The highest BCUT2D eigenvalue weighted by Crippen LogP contribution is 2.42. The summed E-state index contributed by atoms with van der Waals surface area (Å²) in [4.78, 5) is 49.2.